The van der Waals surface area contributed by atoms with Crippen molar-refractivity contribution in [3.63, 3.8) is 0 Å². The summed E-state index contributed by atoms with van der Waals surface area (Å²) in [6, 6.07) is 6.60. The van der Waals surface area contributed by atoms with Crippen LogP contribution in [0.25, 0.3) is 0 Å². The number of carbonyl (C=O) groups excluding carboxylic acids is 1. The first-order valence-electron chi connectivity index (χ1n) is 7.52. The second-order valence-corrected chi connectivity index (χ2v) is 7.22. The SMILES string of the molecule is CC(C)(C)OC(=O)N1CCC(C#N)(c2ccc(Cl)cc2F)CC1. The van der Waals surface area contributed by atoms with E-state index in [0.29, 0.717) is 36.5 Å². The standard InChI is InChI=1S/C17H20ClFN2O2/c1-16(2,3)23-15(22)21-8-6-17(11-20,7-9-21)13-5-4-12(18)10-14(13)19/h4-5,10H,6-9H2,1-3H3. The van der Waals surface area contributed by atoms with Crippen molar-refractivity contribution in [3.8, 4) is 6.07 Å². The summed E-state index contributed by atoms with van der Waals surface area (Å²) in [5, 5.41) is 9.91. The van der Waals surface area contributed by atoms with Gasteiger partial charge in [0, 0.05) is 23.7 Å². The molecule has 1 aliphatic rings. The second-order valence-electron chi connectivity index (χ2n) is 6.79. The number of hydrogen-bond acceptors (Lipinski definition) is 3. The van der Waals surface area contributed by atoms with Crippen LogP contribution in [0.4, 0.5) is 9.18 Å². The summed E-state index contributed by atoms with van der Waals surface area (Å²) in [6.45, 7) is 6.11. The van der Waals surface area contributed by atoms with E-state index in [1.54, 1.807) is 37.8 Å². The summed E-state index contributed by atoms with van der Waals surface area (Å²) in [6.07, 6.45) is 0.323. The topological polar surface area (TPSA) is 53.3 Å². The number of carbonyl (C=O) groups is 1. The van der Waals surface area contributed by atoms with Crippen LogP contribution in [0.2, 0.25) is 5.02 Å². The second kappa shape index (κ2) is 6.37. The summed E-state index contributed by atoms with van der Waals surface area (Å²) in [4.78, 5) is 13.7. The Morgan fingerprint density at radius 1 is 1.39 bits per heavy atom. The lowest BCUT2D eigenvalue weighted by Gasteiger charge is -2.38. The van der Waals surface area contributed by atoms with Gasteiger partial charge in [0.1, 0.15) is 11.4 Å². The van der Waals surface area contributed by atoms with Crippen molar-refractivity contribution in [3.05, 3.63) is 34.6 Å². The van der Waals surface area contributed by atoms with E-state index in [1.165, 1.54) is 6.07 Å². The Morgan fingerprint density at radius 3 is 2.48 bits per heavy atom. The molecule has 0 radical (unpaired) electrons. The van der Waals surface area contributed by atoms with Gasteiger partial charge >= 0.3 is 6.09 Å². The third kappa shape index (κ3) is 3.94. The number of halogens is 2. The fourth-order valence-electron chi connectivity index (χ4n) is 2.72. The van der Waals surface area contributed by atoms with Crippen LogP contribution >= 0.6 is 11.6 Å². The zero-order valence-corrected chi connectivity index (χ0v) is 14.3. The fourth-order valence-corrected chi connectivity index (χ4v) is 2.88. The minimum absolute atomic E-state index is 0.297. The highest BCUT2D eigenvalue weighted by Gasteiger charge is 2.40. The lowest BCUT2D eigenvalue weighted by Crippen LogP contribution is -2.46. The van der Waals surface area contributed by atoms with E-state index in [4.69, 9.17) is 16.3 Å². The molecule has 23 heavy (non-hydrogen) atoms. The molecule has 1 aliphatic heterocycles. The molecule has 1 fully saturated rings. The smallest absolute Gasteiger partial charge is 0.410 e. The van der Waals surface area contributed by atoms with Gasteiger partial charge in [-0.25, -0.2) is 9.18 Å². The molecule has 1 aromatic rings. The Labute approximate surface area is 140 Å². The summed E-state index contributed by atoms with van der Waals surface area (Å²) in [5.41, 5.74) is -1.16. The summed E-state index contributed by atoms with van der Waals surface area (Å²) in [7, 11) is 0. The van der Waals surface area contributed by atoms with Gasteiger partial charge in [0.2, 0.25) is 0 Å². The van der Waals surface area contributed by atoms with Gasteiger partial charge in [-0.05, 0) is 45.7 Å². The number of ether oxygens (including phenoxy) is 1. The molecule has 4 nitrogen and oxygen atoms in total. The highest BCUT2D eigenvalue weighted by atomic mass is 35.5. The van der Waals surface area contributed by atoms with Gasteiger partial charge in [-0.2, -0.15) is 5.26 Å². The van der Waals surface area contributed by atoms with E-state index in [1.807, 2.05) is 0 Å². The van der Waals surface area contributed by atoms with Gasteiger partial charge in [-0.3, -0.25) is 0 Å². The number of nitriles is 1. The Hall–Kier alpha value is -1.80. The molecule has 1 aromatic carbocycles. The number of likely N-dealkylation sites (tertiary alicyclic amines) is 1. The number of rotatable bonds is 1. The van der Waals surface area contributed by atoms with Crippen molar-refractivity contribution in [2.75, 3.05) is 13.1 Å². The number of benzene rings is 1. The number of nitrogens with zero attached hydrogens (tertiary/aromatic N) is 2. The van der Waals surface area contributed by atoms with Crippen LogP contribution in [0.1, 0.15) is 39.2 Å². The molecule has 0 bridgehead atoms. The first kappa shape index (κ1) is 17.6. The molecule has 1 heterocycles. The molecule has 0 spiro atoms. The van der Waals surface area contributed by atoms with Crippen molar-refractivity contribution in [2.45, 2.75) is 44.6 Å². The first-order valence-corrected chi connectivity index (χ1v) is 7.89. The number of hydrogen-bond donors (Lipinski definition) is 0. The van der Waals surface area contributed by atoms with Gasteiger partial charge in [-0.1, -0.05) is 17.7 Å². The monoisotopic (exact) mass is 338 g/mol. The molecule has 1 amide bonds. The predicted molar refractivity (Wildman–Crippen MR) is 85.7 cm³/mol. The van der Waals surface area contributed by atoms with Gasteiger partial charge in [0.05, 0.1) is 11.5 Å². The van der Waals surface area contributed by atoms with Gasteiger partial charge < -0.3 is 9.64 Å². The summed E-state index contributed by atoms with van der Waals surface area (Å²) in [5.74, 6) is -0.482. The molecular formula is C17H20ClFN2O2. The Kier molecular flexibility index (Phi) is 4.86. The zero-order valence-electron chi connectivity index (χ0n) is 13.5. The van der Waals surface area contributed by atoms with Crippen molar-refractivity contribution < 1.29 is 13.9 Å². The molecule has 0 saturated carbocycles. The Balaban J connectivity index is 2.14. The maximum absolute atomic E-state index is 14.2. The lowest BCUT2D eigenvalue weighted by atomic mass is 9.74. The van der Waals surface area contributed by atoms with Gasteiger partial charge in [-0.15, -0.1) is 0 Å². The van der Waals surface area contributed by atoms with Gasteiger partial charge in [0.15, 0.2) is 0 Å². The van der Waals surface area contributed by atoms with Crippen LogP contribution in [0.15, 0.2) is 18.2 Å². The van der Waals surface area contributed by atoms with Crippen molar-refractivity contribution in [2.24, 2.45) is 0 Å². The highest BCUT2D eigenvalue weighted by Crippen LogP contribution is 2.37. The molecule has 0 atom stereocenters. The number of piperidine rings is 1. The maximum atomic E-state index is 14.2. The number of amides is 1. The zero-order chi connectivity index (χ0) is 17.3. The van der Waals surface area contributed by atoms with Crippen LogP contribution in [0.3, 0.4) is 0 Å². The van der Waals surface area contributed by atoms with Crippen LogP contribution in [0.5, 0.6) is 0 Å². The normalized spacial score (nSPS) is 17.5. The molecule has 124 valence electrons. The molecule has 1 saturated heterocycles. The fraction of sp³-hybridized carbons (Fsp3) is 0.529. The van der Waals surface area contributed by atoms with Crippen molar-refractivity contribution in [1.82, 2.24) is 4.90 Å². The van der Waals surface area contributed by atoms with Crippen LogP contribution < -0.4 is 0 Å². The lowest BCUT2D eigenvalue weighted by molar-refractivity contribution is 0.0184. The third-order valence-electron chi connectivity index (χ3n) is 3.93. The van der Waals surface area contributed by atoms with E-state index < -0.39 is 22.9 Å². The molecule has 0 aliphatic carbocycles. The van der Waals surface area contributed by atoms with E-state index in [-0.39, 0.29) is 0 Å². The minimum atomic E-state index is -0.937. The van der Waals surface area contributed by atoms with Crippen LogP contribution in [0, 0.1) is 17.1 Å². The largest absolute Gasteiger partial charge is 0.444 e. The highest BCUT2D eigenvalue weighted by molar-refractivity contribution is 6.30. The van der Waals surface area contributed by atoms with Crippen molar-refractivity contribution >= 4 is 17.7 Å². The first-order chi connectivity index (χ1) is 10.7. The van der Waals surface area contributed by atoms with Crippen molar-refractivity contribution in [1.29, 1.82) is 5.26 Å². The summed E-state index contributed by atoms with van der Waals surface area (Å²) >= 11 is 5.78. The van der Waals surface area contributed by atoms with E-state index >= 15 is 0 Å². The van der Waals surface area contributed by atoms with E-state index in [9.17, 15) is 14.4 Å². The van der Waals surface area contributed by atoms with Crippen LogP contribution in [-0.2, 0) is 10.2 Å². The predicted octanol–water partition coefficient (Wildman–Crippen LogP) is 4.27. The minimum Gasteiger partial charge on any atom is -0.444 e. The van der Waals surface area contributed by atoms with Gasteiger partial charge in [0.25, 0.3) is 0 Å². The summed E-state index contributed by atoms with van der Waals surface area (Å²) < 4.78 is 19.5. The molecule has 0 aromatic heterocycles. The van der Waals surface area contributed by atoms with E-state index in [2.05, 4.69) is 6.07 Å². The third-order valence-corrected chi connectivity index (χ3v) is 4.16. The Morgan fingerprint density at radius 2 is 2.00 bits per heavy atom. The molecule has 6 heteroatoms. The quantitative estimate of drug-likeness (QED) is 0.768. The average Bonchev–Trinajstić information content (AvgIpc) is 2.45. The molecule has 0 unspecified atom stereocenters. The van der Waals surface area contributed by atoms with E-state index in [0.717, 1.165) is 0 Å². The Bertz CT molecular complexity index is 641. The van der Waals surface area contributed by atoms with Crippen LogP contribution in [-0.4, -0.2) is 29.7 Å². The average molecular weight is 339 g/mol. The maximum Gasteiger partial charge on any atom is 0.410 e. The molecular weight excluding hydrogens is 319 g/mol. The molecule has 2 rings (SSSR count). The molecule has 0 N–H and O–H groups in total.